The summed E-state index contributed by atoms with van der Waals surface area (Å²) >= 11 is 33.5. The summed E-state index contributed by atoms with van der Waals surface area (Å²) in [6.45, 7) is -0.362. The first-order valence-corrected chi connectivity index (χ1v) is 17.2. The number of ketones is 2. The Hall–Kier alpha value is -4.01. The molecule has 3 heterocycles. The number of methoxy groups -OCH3 is 2. The van der Waals surface area contributed by atoms with Gasteiger partial charge in [-0.3, -0.25) is 14.4 Å². The van der Waals surface area contributed by atoms with E-state index in [-0.39, 0.29) is 41.5 Å². The SMILES string of the molecule is COc1cc2nc(CCn3c(=O)n4n(c3=O)C3CC5(Cl)C(=O)C(Cl)=C(Cl)C(=O)C5(Cl)C(c5ccc(O)cc5Cl)C3=CC4)c(=O)n(C)c2cc1OC. The lowest BCUT2D eigenvalue weighted by Crippen LogP contribution is -2.67. The maximum absolute atomic E-state index is 14.2. The summed E-state index contributed by atoms with van der Waals surface area (Å²) in [5, 5.41) is 8.87. The zero-order valence-electron chi connectivity index (χ0n) is 26.9. The summed E-state index contributed by atoms with van der Waals surface area (Å²) in [6, 6.07) is 6.13. The average Bonchev–Trinajstić information content (AvgIpc) is 3.36. The molecule has 18 heteroatoms. The van der Waals surface area contributed by atoms with Gasteiger partial charge in [0.1, 0.15) is 31.3 Å². The van der Waals surface area contributed by atoms with Crippen molar-refractivity contribution in [3.05, 3.63) is 99.6 Å². The van der Waals surface area contributed by atoms with E-state index in [0.717, 1.165) is 9.25 Å². The molecule has 4 unspecified atom stereocenters. The molecule has 4 atom stereocenters. The van der Waals surface area contributed by atoms with Crippen LogP contribution >= 0.6 is 58.0 Å². The van der Waals surface area contributed by atoms with Crippen molar-refractivity contribution in [2.24, 2.45) is 7.05 Å². The van der Waals surface area contributed by atoms with Gasteiger partial charge in [-0.1, -0.05) is 46.9 Å². The van der Waals surface area contributed by atoms with Crippen molar-refractivity contribution in [2.45, 2.75) is 47.6 Å². The molecule has 0 saturated heterocycles. The molecule has 266 valence electrons. The Kier molecular flexibility index (Phi) is 8.54. The van der Waals surface area contributed by atoms with Gasteiger partial charge >= 0.3 is 11.4 Å². The van der Waals surface area contributed by atoms with Crippen LogP contribution in [0.2, 0.25) is 5.02 Å². The summed E-state index contributed by atoms with van der Waals surface area (Å²) in [5.74, 6) is -2.51. The van der Waals surface area contributed by atoms with Crippen molar-refractivity contribution in [3.63, 3.8) is 0 Å². The van der Waals surface area contributed by atoms with Gasteiger partial charge in [0.15, 0.2) is 23.1 Å². The Balaban J connectivity index is 1.34. The Morgan fingerprint density at radius 1 is 0.941 bits per heavy atom. The fourth-order valence-electron chi connectivity index (χ4n) is 7.39. The second kappa shape index (κ2) is 12.3. The Bertz CT molecular complexity index is 2480. The number of carbonyl (C=O) groups is 2. The number of hydrogen-bond acceptors (Lipinski definition) is 9. The van der Waals surface area contributed by atoms with E-state index < -0.39 is 66.7 Å². The number of rotatable bonds is 6. The topological polar surface area (TPSA) is 157 Å². The number of halogens is 5. The number of aromatic nitrogens is 5. The minimum atomic E-state index is -2.27. The number of phenols is 1. The van der Waals surface area contributed by atoms with Gasteiger partial charge in [-0.25, -0.2) is 28.5 Å². The van der Waals surface area contributed by atoms with E-state index >= 15 is 0 Å². The summed E-state index contributed by atoms with van der Waals surface area (Å²) in [6.07, 6.45) is 1.10. The molecule has 0 radical (unpaired) electrons. The molecule has 1 aliphatic heterocycles. The summed E-state index contributed by atoms with van der Waals surface area (Å²) in [7, 11) is 4.51. The van der Waals surface area contributed by atoms with Crippen LogP contribution in [0.1, 0.15) is 29.6 Å². The third-order valence-corrected chi connectivity index (χ3v) is 12.5. The molecule has 13 nitrogen and oxygen atoms in total. The number of ether oxygens (including phenoxy) is 2. The van der Waals surface area contributed by atoms with Crippen LogP contribution in [-0.2, 0) is 36.1 Å². The molecule has 0 spiro atoms. The number of phenolic OH excluding ortho intramolecular Hbond substituents is 1. The third-order valence-electron chi connectivity index (χ3n) is 9.90. The van der Waals surface area contributed by atoms with Crippen molar-refractivity contribution in [1.82, 2.24) is 23.5 Å². The maximum Gasteiger partial charge on any atom is 0.347 e. The van der Waals surface area contributed by atoms with Crippen LogP contribution < -0.4 is 26.4 Å². The quantitative estimate of drug-likeness (QED) is 0.224. The first-order valence-electron chi connectivity index (χ1n) is 15.4. The summed E-state index contributed by atoms with van der Waals surface area (Å²) in [5.41, 5.74) is -0.332. The number of aryl methyl sites for hydroxylation is 2. The number of Topliss-reactive ketones (excluding diaryl/α,β-unsaturated/α-hetero) is 2. The van der Waals surface area contributed by atoms with Crippen LogP contribution in [0.5, 0.6) is 17.2 Å². The van der Waals surface area contributed by atoms with Crippen LogP contribution in [0.15, 0.2) is 66.4 Å². The minimum absolute atomic E-state index is 0.00831. The predicted molar refractivity (Wildman–Crippen MR) is 190 cm³/mol. The van der Waals surface area contributed by atoms with Crippen molar-refractivity contribution in [1.29, 1.82) is 0 Å². The zero-order valence-corrected chi connectivity index (χ0v) is 30.7. The van der Waals surface area contributed by atoms with E-state index in [2.05, 4.69) is 4.98 Å². The molecule has 4 aromatic rings. The fourth-order valence-corrected chi connectivity index (χ4v) is 9.19. The van der Waals surface area contributed by atoms with E-state index in [1.54, 1.807) is 25.3 Å². The van der Waals surface area contributed by atoms with Gasteiger partial charge in [0.05, 0.1) is 37.8 Å². The van der Waals surface area contributed by atoms with Gasteiger partial charge in [0.25, 0.3) is 5.56 Å². The number of hydrogen-bond donors (Lipinski definition) is 1. The van der Waals surface area contributed by atoms with E-state index in [0.29, 0.717) is 28.1 Å². The molecule has 3 aliphatic rings. The lowest BCUT2D eigenvalue weighted by molar-refractivity contribution is -0.128. The molecule has 7 rings (SSSR count). The van der Waals surface area contributed by atoms with Crippen molar-refractivity contribution < 1.29 is 24.2 Å². The standard InChI is InChI=1S/C33H26Cl5N5O8/c1-40-20-12-23(51-3)22(50-2)11-19(20)39-18(29(40)47)7-8-41-30(48)42-9-6-16-21(43(42)31(41)49)13-32(37)27(45)25(35)26(36)28(46)33(32,38)24(16)15-5-4-14(44)10-17(15)34/h4-6,10-12,21,24,44H,7-9,13H2,1-3H3. The number of allylic oxidation sites excluding steroid dienone is 4. The van der Waals surface area contributed by atoms with Gasteiger partial charge in [-0.15, -0.1) is 23.2 Å². The van der Waals surface area contributed by atoms with Gasteiger partial charge in [-0.05, 0) is 23.3 Å². The largest absolute Gasteiger partial charge is 0.508 e. The highest BCUT2D eigenvalue weighted by atomic mass is 35.5. The van der Waals surface area contributed by atoms with Crippen LogP contribution in [0, 0.1) is 0 Å². The van der Waals surface area contributed by atoms with Crippen molar-refractivity contribution in [3.8, 4) is 17.2 Å². The van der Waals surface area contributed by atoms with Crippen molar-refractivity contribution >= 4 is 80.6 Å². The fraction of sp³-hybridized carbons (Fsp3) is 0.333. The number of benzene rings is 2. The number of fused-ring (bicyclic) bond motifs is 5. The maximum atomic E-state index is 14.2. The summed E-state index contributed by atoms with van der Waals surface area (Å²) < 4.78 is 15.4. The molecule has 1 fully saturated rings. The molecule has 0 bridgehead atoms. The van der Waals surface area contributed by atoms with Crippen LogP contribution in [0.25, 0.3) is 11.0 Å². The molecule has 2 aliphatic carbocycles. The highest BCUT2D eigenvalue weighted by Crippen LogP contribution is 2.64. The number of alkyl halides is 2. The second-order valence-electron chi connectivity index (χ2n) is 12.4. The molecular formula is C33H26Cl5N5O8. The highest BCUT2D eigenvalue weighted by molar-refractivity contribution is 6.66. The second-order valence-corrected chi connectivity index (χ2v) is 14.8. The highest BCUT2D eigenvalue weighted by Gasteiger charge is 2.71. The number of nitrogens with zero attached hydrogens (tertiary/aromatic N) is 5. The first-order chi connectivity index (χ1) is 24.1. The smallest absolute Gasteiger partial charge is 0.347 e. The number of aromatic hydroxyl groups is 1. The lowest BCUT2D eigenvalue weighted by Gasteiger charge is -2.54. The van der Waals surface area contributed by atoms with E-state index in [9.17, 15) is 29.1 Å². The lowest BCUT2D eigenvalue weighted by atomic mass is 9.59. The van der Waals surface area contributed by atoms with Gasteiger partial charge in [0, 0.05) is 49.5 Å². The third kappa shape index (κ3) is 4.88. The normalized spacial score (nSPS) is 24.3. The van der Waals surface area contributed by atoms with Crippen LogP contribution in [-0.4, -0.2) is 64.1 Å². The Morgan fingerprint density at radius 3 is 2.27 bits per heavy atom. The van der Waals surface area contributed by atoms with E-state index in [4.69, 9.17) is 67.5 Å². The van der Waals surface area contributed by atoms with Crippen LogP contribution in [0.3, 0.4) is 0 Å². The van der Waals surface area contributed by atoms with E-state index in [1.807, 2.05) is 0 Å². The van der Waals surface area contributed by atoms with Gasteiger partial charge in [0.2, 0.25) is 0 Å². The monoisotopic (exact) mass is 795 g/mol. The Morgan fingerprint density at radius 2 is 1.61 bits per heavy atom. The molecular weight excluding hydrogens is 772 g/mol. The Labute approximate surface area is 312 Å². The predicted octanol–water partition coefficient (Wildman–Crippen LogP) is 4.14. The molecule has 2 aromatic carbocycles. The van der Waals surface area contributed by atoms with Crippen molar-refractivity contribution in [2.75, 3.05) is 14.2 Å². The molecule has 2 aromatic heterocycles. The molecule has 51 heavy (non-hydrogen) atoms. The molecule has 1 saturated carbocycles. The van der Waals surface area contributed by atoms with Crippen LogP contribution in [0.4, 0.5) is 0 Å². The number of carbonyl (C=O) groups excluding carboxylic acids is 2. The van der Waals surface area contributed by atoms with Gasteiger partial charge < -0.3 is 19.1 Å². The van der Waals surface area contributed by atoms with E-state index in [1.165, 1.54) is 41.7 Å². The zero-order chi connectivity index (χ0) is 36.9. The first kappa shape index (κ1) is 35.4. The average molecular weight is 798 g/mol. The summed E-state index contributed by atoms with van der Waals surface area (Å²) in [4.78, 5) is 69.1. The van der Waals surface area contributed by atoms with Gasteiger partial charge in [-0.2, -0.15) is 0 Å². The minimum Gasteiger partial charge on any atom is -0.508 e. The molecule has 0 amide bonds. The molecule has 1 N–H and O–H groups in total.